The first kappa shape index (κ1) is 32.1. The molecule has 2 bridgehead atoms. The molecule has 5 rings (SSSR count). The van der Waals surface area contributed by atoms with Crippen molar-refractivity contribution in [3.63, 3.8) is 0 Å². The van der Waals surface area contributed by atoms with Gasteiger partial charge in [-0.25, -0.2) is 13.6 Å². The summed E-state index contributed by atoms with van der Waals surface area (Å²) in [6.45, 7) is 7.37. The number of hydrogen-bond donors (Lipinski definition) is 2. The molecule has 2 atom stereocenters. The highest BCUT2D eigenvalue weighted by Crippen LogP contribution is 2.38. The maximum absolute atomic E-state index is 14.8. The van der Waals surface area contributed by atoms with Crippen molar-refractivity contribution in [2.24, 2.45) is 5.92 Å². The Labute approximate surface area is 265 Å². The van der Waals surface area contributed by atoms with Crippen molar-refractivity contribution in [1.82, 2.24) is 9.88 Å². The number of anilines is 2. The first-order valence-corrected chi connectivity index (χ1v) is 15.2. The average Bonchev–Trinajstić information content (AvgIpc) is 2.96. The Bertz CT molecular complexity index is 1690. The van der Waals surface area contributed by atoms with E-state index in [1.54, 1.807) is 50.1 Å². The van der Waals surface area contributed by atoms with Crippen LogP contribution >= 0.6 is 11.6 Å². The van der Waals surface area contributed by atoms with Gasteiger partial charge in [-0.15, -0.1) is 0 Å². The van der Waals surface area contributed by atoms with Gasteiger partial charge in [0, 0.05) is 36.0 Å². The van der Waals surface area contributed by atoms with Crippen molar-refractivity contribution in [2.45, 2.75) is 65.0 Å². The molecule has 8 nitrogen and oxygen atoms in total. The SMILES string of the molecule is C[C@@H]1CCCC(N2CCC(c3c(F)ccc(Cl)c3F)=CC2=O)c2cc(ccn2)-c2ccc(NC(=O)OC(C)(C)C)cc2NC1=O. The smallest absolute Gasteiger partial charge is 0.412 e. The number of halogens is 3. The molecule has 3 aromatic rings. The van der Waals surface area contributed by atoms with Crippen molar-refractivity contribution in [2.75, 3.05) is 17.2 Å². The number of rotatable bonds is 3. The van der Waals surface area contributed by atoms with Crippen LogP contribution in [0.15, 0.2) is 54.7 Å². The van der Waals surface area contributed by atoms with Crippen LogP contribution in [0.2, 0.25) is 5.02 Å². The van der Waals surface area contributed by atoms with Crippen molar-refractivity contribution in [3.05, 3.63) is 82.7 Å². The second kappa shape index (κ2) is 13.0. The fraction of sp³-hybridized carbons (Fsp3) is 0.353. The van der Waals surface area contributed by atoms with Crippen molar-refractivity contribution in [1.29, 1.82) is 0 Å². The minimum absolute atomic E-state index is 0.177. The zero-order chi connectivity index (χ0) is 32.5. The lowest BCUT2D eigenvalue weighted by atomic mass is 9.92. The lowest BCUT2D eigenvalue weighted by Crippen LogP contribution is -2.38. The molecule has 3 amide bonds. The third-order valence-electron chi connectivity index (χ3n) is 7.86. The van der Waals surface area contributed by atoms with E-state index >= 15 is 0 Å². The molecular formula is C34H35ClF2N4O4. The molecule has 1 aromatic heterocycles. The number of fused-ring (bicyclic) bond motifs is 4. The van der Waals surface area contributed by atoms with Gasteiger partial charge in [0.25, 0.3) is 0 Å². The number of amides is 3. The fourth-order valence-electron chi connectivity index (χ4n) is 5.65. The maximum Gasteiger partial charge on any atom is 0.412 e. The van der Waals surface area contributed by atoms with Crippen LogP contribution in [0, 0.1) is 17.6 Å². The highest BCUT2D eigenvalue weighted by atomic mass is 35.5. The van der Waals surface area contributed by atoms with E-state index in [-0.39, 0.29) is 46.9 Å². The second-order valence-electron chi connectivity index (χ2n) is 12.4. The minimum Gasteiger partial charge on any atom is -0.444 e. The van der Waals surface area contributed by atoms with Gasteiger partial charge < -0.3 is 15.0 Å². The van der Waals surface area contributed by atoms with Gasteiger partial charge in [-0.05, 0) is 87.6 Å². The lowest BCUT2D eigenvalue weighted by Gasteiger charge is -2.34. The first-order chi connectivity index (χ1) is 21.3. The number of pyridine rings is 1. The molecule has 0 radical (unpaired) electrons. The average molecular weight is 637 g/mol. The number of benzene rings is 2. The molecule has 2 aromatic carbocycles. The van der Waals surface area contributed by atoms with E-state index in [2.05, 4.69) is 15.6 Å². The van der Waals surface area contributed by atoms with E-state index in [0.717, 1.165) is 17.7 Å². The summed E-state index contributed by atoms with van der Waals surface area (Å²) in [5, 5.41) is 5.52. The molecule has 45 heavy (non-hydrogen) atoms. The van der Waals surface area contributed by atoms with Gasteiger partial charge in [-0.2, -0.15) is 0 Å². The van der Waals surface area contributed by atoms with Crippen LogP contribution in [0.1, 0.15) is 70.7 Å². The first-order valence-electron chi connectivity index (χ1n) is 14.9. The molecular weight excluding hydrogens is 602 g/mol. The van der Waals surface area contributed by atoms with Gasteiger partial charge in [-0.1, -0.05) is 31.0 Å². The number of aromatic nitrogens is 1. The Hall–Kier alpha value is -4.31. The monoisotopic (exact) mass is 636 g/mol. The molecule has 2 N–H and O–H groups in total. The fourth-order valence-corrected chi connectivity index (χ4v) is 5.81. The molecule has 0 fully saturated rings. The van der Waals surface area contributed by atoms with Gasteiger partial charge in [0.15, 0.2) is 5.82 Å². The van der Waals surface area contributed by atoms with Crippen molar-refractivity contribution < 1.29 is 27.9 Å². The zero-order valence-electron chi connectivity index (χ0n) is 25.5. The summed E-state index contributed by atoms with van der Waals surface area (Å²) in [6, 6.07) is 10.7. The van der Waals surface area contributed by atoms with Gasteiger partial charge in [0.05, 0.1) is 28.0 Å². The largest absolute Gasteiger partial charge is 0.444 e. The van der Waals surface area contributed by atoms with Crippen LogP contribution in [-0.4, -0.2) is 39.9 Å². The Balaban J connectivity index is 1.49. The summed E-state index contributed by atoms with van der Waals surface area (Å²) in [6.07, 6.45) is 4.24. The third kappa shape index (κ3) is 7.33. The number of nitrogens with one attached hydrogen (secondary N) is 2. The van der Waals surface area contributed by atoms with Gasteiger partial charge >= 0.3 is 6.09 Å². The van der Waals surface area contributed by atoms with E-state index in [1.807, 2.05) is 19.1 Å². The minimum atomic E-state index is -0.889. The van der Waals surface area contributed by atoms with Crippen LogP contribution < -0.4 is 10.6 Å². The van der Waals surface area contributed by atoms with Gasteiger partial charge in [0.2, 0.25) is 11.8 Å². The normalized spacial score (nSPS) is 19.0. The molecule has 0 aliphatic carbocycles. The predicted molar refractivity (Wildman–Crippen MR) is 170 cm³/mol. The van der Waals surface area contributed by atoms with Crippen LogP contribution in [0.5, 0.6) is 0 Å². The summed E-state index contributed by atoms with van der Waals surface area (Å²) in [5.41, 5.74) is 2.34. The third-order valence-corrected chi connectivity index (χ3v) is 8.15. The summed E-state index contributed by atoms with van der Waals surface area (Å²) in [7, 11) is 0. The number of carbonyl (C=O) groups is 3. The Morgan fingerprint density at radius 2 is 1.89 bits per heavy atom. The number of ether oxygens (including phenoxy) is 1. The molecule has 236 valence electrons. The van der Waals surface area contributed by atoms with Crippen LogP contribution in [0.25, 0.3) is 16.7 Å². The molecule has 2 aliphatic heterocycles. The summed E-state index contributed by atoms with van der Waals surface area (Å²) in [5.74, 6) is -2.57. The molecule has 0 spiro atoms. The Morgan fingerprint density at radius 1 is 1.11 bits per heavy atom. The molecule has 0 saturated heterocycles. The topological polar surface area (TPSA) is 101 Å². The van der Waals surface area contributed by atoms with Crippen molar-refractivity contribution >= 4 is 46.5 Å². The standard InChI is InChI=1S/C34H35ClF2N4O4/c1-19-6-5-7-28(41-15-13-21(17-29(41)42)30-25(36)11-10-24(35)31(30)37)27-16-20(12-14-38-27)23-9-8-22(18-26(23)40-32(19)43)39-33(44)45-34(2,3)4/h8-12,14,16-19,28H,5-7,13,15H2,1-4H3,(H,39,44)(H,40,43)/t19-,28?/m1/s1. The lowest BCUT2D eigenvalue weighted by molar-refractivity contribution is -0.129. The zero-order valence-corrected chi connectivity index (χ0v) is 26.3. The van der Waals surface area contributed by atoms with Gasteiger partial charge in [0.1, 0.15) is 11.4 Å². The van der Waals surface area contributed by atoms with Crippen LogP contribution in [0.3, 0.4) is 0 Å². The summed E-state index contributed by atoms with van der Waals surface area (Å²) in [4.78, 5) is 45.5. The Kier molecular flexibility index (Phi) is 9.25. The highest BCUT2D eigenvalue weighted by molar-refractivity contribution is 6.31. The van der Waals surface area contributed by atoms with Crippen molar-refractivity contribution in [3.8, 4) is 11.1 Å². The molecule has 3 heterocycles. The van der Waals surface area contributed by atoms with Gasteiger partial charge in [-0.3, -0.25) is 19.9 Å². The van der Waals surface area contributed by atoms with E-state index in [9.17, 15) is 23.2 Å². The Morgan fingerprint density at radius 3 is 2.62 bits per heavy atom. The number of nitrogens with zero attached hydrogens (tertiary/aromatic N) is 2. The predicted octanol–water partition coefficient (Wildman–Crippen LogP) is 8.14. The highest BCUT2D eigenvalue weighted by Gasteiger charge is 2.31. The second-order valence-corrected chi connectivity index (χ2v) is 12.8. The van der Waals surface area contributed by atoms with Crippen LogP contribution in [0.4, 0.5) is 25.0 Å². The molecule has 11 heteroatoms. The summed E-state index contributed by atoms with van der Waals surface area (Å²) < 4.78 is 34.7. The van der Waals surface area contributed by atoms with E-state index in [4.69, 9.17) is 16.3 Å². The molecule has 0 saturated carbocycles. The van der Waals surface area contributed by atoms with E-state index in [1.165, 1.54) is 6.08 Å². The molecule has 2 aliphatic rings. The van der Waals surface area contributed by atoms with Crippen LogP contribution in [-0.2, 0) is 14.3 Å². The molecule has 1 unspecified atom stereocenters. The number of hydrogen-bond acceptors (Lipinski definition) is 5. The summed E-state index contributed by atoms with van der Waals surface area (Å²) >= 11 is 5.90. The van der Waals surface area contributed by atoms with E-state index < -0.39 is 29.4 Å². The van der Waals surface area contributed by atoms with E-state index in [0.29, 0.717) is 41.9 Å². The quantitative estimate of drug-likeness (QED) is 0.283. The maximum atomic E-state index is 14.8. The number of carbonyl (C=O) groups excluding carboxylic acids is 3.